The molecule has 1 aliphatic rings. The molecule has 0 aliphatic carbocycles. The third-order valence-electron chi connectivity index (χ3n) is 4.11. The summed E-state index contributed by atoms with van der Waals surface area (Å²) in [4.78, 5) is 25.8. The summed E-state index contributed by atoms with van der Waals surface area (Å²) in [6.07, 6.45) is 2.30. The van der Waals surface area contributed by atoms with Gasteiger partial charge in [-0.3, -0.25) is 4.79 Å². The maximum Gasteiger partial charge on any atom is 0.326 e. The Hall–Kier alpha value is -1.88. The number of hydrogen-bond donors (Lipinski definition) is 2. The Balaban J connectivity index is 2.31. The normalized spacial score (nSPS) is 22.1. The van der Waals surface area contributed by atoms with Gasteiger partial charge < -0.3 is 15.7 Å². The fourth-order valence-electron chi connectivity index (χ4n) is 3.05. The van der Waals surface area contributed by atoms with E-state index in [4.69, 9.17) is 5.73 Å². The van der Waals surface area contributed by atoms with Crippen molar-refractivity contribution >= 4 is 11.9 Å². The SMILES string of the molecule is CC1CCCN(C(=O)c2ccccc2CCN)C1C(=O)O. The molecule has 2 rings (SSSR count). The van der Waals surface area contributed by atoms with Crippen molar-refractivity contribution in [3.8, 4) is 0 Å². The second-order valence-corrected chi connectivity index (χ2v) is 5.60. The van der Waals surface area contributed by atoms with Gasteiger partial charge in [-0.1, -0.05) is 25.1 Å². The molecule has 2 atom stereocenters. The quantitative estimate of drug-likeness (QED) is 0.880. The van der Waals surface area contributed by atoms with E-state index in [2.05, 4.69) is 0 Å². The first-order chi connectivity index (χ1) is 10.1. The fourth-order valence-corrected chi connectivity index (χ4v) is 3.05. The van der Waals surface area contributed by atoms with Gasteiger partial charge in [-0.15, -0.1) is 0 Å². The first-order valence-electron chi connectivity index (χ1n) is 7.38. The molecule has 1 heterocycles. The van der Waals surface area contributed by atoms with Gasteiger partial charge in [0.05, 0.1) is 0 Å². The molecule has 0 radical (unpaired) electrons. The van der Waals surface area contributed by atoms with Gasteiger partial charge in [-0.25, -0.2) is 4.79 Å². The molecule has 1 amide bonds. The molecule has 1 fully saturated rings. The van der Waals surface area contributed by atoms with E-state index in [1.54, 1.807) is 12.1 Å². The Kier molecular flexibility index (Phi) is 4.96. The molecule has 1 saturated heterocycles. The van der Waals surface area contributed by atoms with Gasteiger partial charge >= 0.3 is 5.97 Å². The number of rotatable bonds is 4. The maximum absolute atomic E-state index is 12.8. The highest BCUT2D eigenvalue weighted by Crippen LogP contribution is 2.26. The zero-order valence-corrected chi connectivity index (χ0v) is 12.3. The summed E-state index contributed by atoms with van der Waals surface area (Å²) in [6, 6.07) is 6.57. The Morgan fingerprint density at radius 1 is 1.38 bits per heavy atom. The van der Waals surface area contributed by atoms with Crippen LogP contribution in [0.25, 0.3) is 0 Å². The number of likely N-dealkylation sites (tertiary alicyclic amines) is 1. The lowest BCUT2D eigenvalue weighted by molar-refractivity contribution is -0.145. The molecule has 0 spiro atoms. The first-order valence-corrected chi connectivity index (χ1v) is 7.38. The van der Waals surface area contributed by atoms with Crippen molar-refractivity contribution in [3.63, 3.8) is 0 Å². The van der Waals surface area contributed by atoms with E-state index in [1.165, 1.54) is 4.90 Å². The van der Waals surface area contributed by atoms with Crippen molar-refractivity contribution in [2.24, 2.45) is 11.7 Å². The number of carbonyl (C=O) groups is 2. The number of hydrogen-bond acceptors (Lipinski definition) is 3. The molecule has 114 valence electrons. The second kappa shape index (κ2) is 6.72. The molecule has 0 saturated carbocycles. The van der Waals surface area contributed by atoms with E-state index in [9.17, 15) is 14.7 Å². The molecule has 21 heavy (non-hydrogen) atoms. The second-order valence-electron chi connectivity index (χ2n) is 5.60. The molecule has 0 aromatic heterocycles. The Morgan fingerprint density at radius 2 is 2.10 bits per heavy atom. The van der Waals surface area contributed by atoms with Crippen LogP contribution in [0.4, 0.5) is 0 Å². The third-order valence-corrected chi connectivity index (χ3v) is 4.11. The summed E-state index contributed by atoms with van der Waals surface area (Å²) in [5.41, 5.74) is 7.04. The standard InChI is InChI=1S/C16H22N2O3/c1-11-5-4-10-18(14(11)16(20)21)15(19)13-7-3-2-6-12(13)8-9-17/h2-3,6-7,11,14H,4-5,8-10,17H2,1H3,(H,20,21). The minimum Gasteiger partial charge on any atom is -0.480 e. The van der Waals surface area contributed by atoms with Crippen LogP contribution in [0.5, 0.6) is 0 Å². The van der Waals surface area contributed by atoms with Gasteiger partial charge in [0.15, 0.2) is 0 Å². The van der Waals surface area contributed by atoms with E-state index in [0.717, 1.165) is 18.4 Å². The van der Waals surface area contributed by atoms with Crippen molar-refractivity contribution in [2.75, 3.05) is 13.1 Å². The Bertz CT molecular complexity index is 530. The number of amides is 1. The molecule has 5 nitrogen and oxygen atoms in total. The summed E-state index contributed by atoms with van der Waals surface area (Å²) in [5, 5.41) is 9.43. The predicted molar refractivity (Wildman–Crippen MR) is 80.1 cm³/mol. The lowest BCUT2D eigenvalue weighted by atomic mass is 9.89. The van der Waals surface area contributed by atoms with E-state index < -0.39 is 12.0 Å². The average molecular weight is 290 g/mol. The van der Waals surface area contributed by atoms with Crippen molar-refractivity contribution in [2.45, 2.75) is 32.2 Å². The zero-order chi connectivity index (χ0) is 15.4. The largest absolute Gasteiger partial charge is 0.480 e. The lowest BCUT2D eigenvalue weighted by Crippen LogP contribution is -2.52. The smallest absolute Gasteiger partial charge is 0.326 e. The summed E-state index contributed by atoms with van der Waals surface area (Å²) in [6.45, 7) is 2.85. The van der Waals surface area contributed by atoms with Gasteiger partial charge in [-0.2, -0.15) is 0 Å². The van der Waals surface area contributed by atoms with Gasteiger partial charge in [0.1, 0.15) is 6.04 Å². The fraction of sp³-hybridized carbons (Fsp3) is 0.500. The monoisotopic (exact) mass is 290 g/mol. The van der Waals surface area contributed by atoms with Crippen LogP contribution < -0.4 is 5.73 Å². The molecular weight excluding hydrogens is 268 g/mol. The van der Waals surface area contributed by atoms with Crippen LogP contribution in [0, 0.1) is 5.92 Å². The lowest BCUT2D eigenvalue weighted by Gasteiger charge is -2.37. The average Bonchev–Trinajstić information content (AvgIpc) is 2.47. The highest BCUT2D eigenvalue weighted by Gasteiger charge is 2.37. The van der Waals surface area contributed by atoms with Crippen molar-refractivity contribution in [1.82, 2.24) is 4.90 Å². The summed E-state index contributed by atoms with van der Waals surface area (Å²) in [7, 11) is 0. The van der Waals surface area contributed by atoms with Gasteiger partial charge in [0, 0.05) is 12.1 Å². The highest BCUT2D eigenvalue weighted by atomic mass is 16.4. The van der Waals surface area contributed by atoms with Crippen molar-refractivity contribution in [1.29, 1.82) is 0 Å². The molecule has 2 unspecified atom stereocenters. The molecule has 1 aromatic carbocycles. The predicted octanol–water partition coefficient (Wildman–Crippen LogP) is 1.51. The number of carbonyl (C=O) groups excluding carboxylic acids is 1. The number of carboxylic acid groups (broad SMARTS) is 1. The molecule has 3 N–H and O–H groups in total. The molecule has 0 bridgehead atoms. The summed E-state index contributed by atoms with van der Waals surface area (Å²) in [5.74, 6) is -1.15. The molecular formula is C16H22N2O3. The van der Waals surface area contributed by atoms with Gasteiger partial charge in [0.2, 0.25) is 0 Å². The van der Waals surface area contributed by atoms with Crippen LogP contribution in [0.3, 0.4) is 0 Å². The van der Waals surface area contributed by atoms with E-state index in [-0.39, 0.29) is 11.8 Å². The van der Waals surface area contributed by atoms with E-state index in [0.29, 0.717) is 25.1 Å². The highest BCUT2D eigenvalue weighted by molar-refractivity contribution is 5.98. The van der Waals surface area contributed by atoms with Crippen LogP contribution in [-0.4, -0.2) is 41.0 Å². The van der Waals surface area contributed by atoms with Crippen LogP contribution in [0.2, 0.25) is 0 Å². The number of nitrogens with two attached hydrogens (primary N) is 1. The number of benzene rings is 1. The topological polar surface area (TPSA) is 83.6 Å². The molecule has 5 heteroatoms. The minimum atomic E-state index is -0.924. The number of aliphatic carboxylic acids is 1. The zero-order valence-electron chi connectivity index (χ0n) is 12.3. The number of carboxylic acids is 1. The Morgan fingerprint density at radius 3 is 2.76 bits per heavy atom. The van der Waals surface area contributed by atoms with Gasteiger partial charge in [0.25, 0.3) is 5.91 Å². The first kappa shape index (κ1) is 15.5. The minimum absolute atomic E-state index is 0.0260. The molecule has 1 aromatic rings. The van der Waals surface area contributed by atoms with Gasteiger partial charge in [-0.05, 0) is 43.4 Å². The number of piperidine rings is 1. The molecule has 1 aliphatic heterocycles. The summed E-state index contributed by atoms with van der Waals surface area (Å²) < 4.78 is 0. The summed E-state index contributed by atoms with van der Waals surface area (Å²) >= 11 is 0. The maximum atomic E-state index is 12.8. The van der Waals surface area contributed by atoms with Crippen LogP contribution in [-0.2, 0) is 11.2 Å². The van der Waals surface area contributed by atoms with Crippen LogP contribution >= 0.6 is 0 Å². The van der Waals surface area contributed by atoms with Crippen LogP contribution in [0.15, 0.2) is 24.3 Å². The van der Waals surface area contributed by atoms with Crippen LogP contribution in [0.1, 0.15) is 35.7 Å². The van der Waals surface area contributed by atoms with E-state index in [1.807, 2.05) is 19.1 Å². The van der Waals surface area contributed by atoms with Crippen molar-refractivity contribution in [3.05, 3.63) is 35.4 Å². The number of nitrogens with zero attached hydrogens (tertiary/aromatic N) is 1. The Labute approximate surface area is 124 Å². The van der Waals surface area contributed by atoms with Crippen molar-refractivity contribution < 1.29 is 14.7 Å². The third kappa shape index (κ3) is 3.24. The van der Waals surface area contributed by atoms with E-state index >= 15 is 0 Å².